The van der Waals surface area contributed by atoms with Crippen molar-refractivity contribution in [3.63, 3.8) is 0 Å². The molecule has 25 heavy (non-hydrogen) atoms. The zero-order valence-electron chi connectivity index (χ0n) is 15.7. The number of benzene rings is 1. The summed E-state index contributed by atoms with van der Waals surface area (Å²) >= 11 is 0. The van der Waals surface area contributed by atoms with Crippen molar-refractivity contribution in [3.8, 4) is 0 Å². The normalized spacial score (nSPS) is 23.5. The van der Waals surface area contributed by atoms with E-state index in [0.29, 0.717) is 19.5 Å². The second-order valence-corrected chi connectivity index (χ2v) is 8.36. The average Bonchev–Trinajstić information content (AvgIpc) is 2.80. The minimum atomic E-state index is -0.142. The number of allylic oxidation sites excluding steroid dienone is 2. The fourth-order valence-corrected chi connectivity index (χ4v) is 3.72. The third-order valence-electron chi connectivity index (χ3n) is 5.25. The summed E-state index contributed by atoms with van der Waals surface area (Å²) in [6.45, 7) is 7.69. The summed E-state index contributed by atoms with van der Waals surface area (Å²) in [6.07, 6.45) is 5.44. The number of nitrogens with zero attached hydrogens (tertiary/aromatic N) is 2. The maximum Gasteiger partial charge on any atom is 0.234 e. The van der Waals surface area contributed by atoms with E-state index in [9.17, 15) is 9.59 Å². The van der Waals surface area contributed by atoms with Gasteiger partial charge in [0.1, 0.15) is 0 Å². The lowest BCUT2D eigenvalue weighted by molar-refractivity contribution is -0.142. The van der Waals surface area contributed by atoms with Gasteiger partial charge in [0.15, 0.2) is 0 Å². The molecule has 1 heterocycles. The molecule has 0 saturated carbocycles. The van der Waals surface area contributed by atoms with Gasteiger partial charge < -0.3 is 0 Å². The Morgan fingerprint density at radius 2 is 1.52 bits per heavy atom. The minimum Gasteiger partial charge on any atom is -0.284 e. The molecule has 1 aromatic rings. The number of imide groups is 1. The van der Waals surface area contributed by atoms with Crippen LogP contribution in [0.5, 0.6) is 0 Å². The summed E-state index contributed by atoms with van der Waals surface area (Å²) in [4.78, 5) is 28.6. The Balaban J connectivity index is 1.62. The molecule has 0 unspecified atom stereocenters. The number of carbonyl (C=O) groups is 2. The first-order valence-electron chi connectivity index (χ1n) is 9.05. The van der Waals surface area contributed by atoms with Crippen LogP contribution in [0.4, 0.5) is 0 Å². The number of likely N-dealkylation sites (tertiary alicyclic amines) is 1. The van der Waals surface area contributed by atoms with E-state index in [-0.39, 0.29) is 29.1 Å². The van der Waals surface area contributed by atoms with E-state index >= 15 is 0 Å². The second-order valence-electron chi connectivity index (χ2n) is 8.36. The molecule has 0 bridgehead atoms. The maximum absolute atomic E-state index is 12.5. The molecule has 2 amide bonds. The molecule has 134 valence electrons. The van der Waals surface area contributed by atoms with Gasteiger partial charge >= 0.3 is 0 Å². The van der Waals surface area contributed by atoms with Crippen molar-refractivity contribution in [1.29, 1.82) is 0 Å². The highest BCUT2D eigenvalue weighted by atomic mass is 16.2. The first-order valence-corrected chi connectivity index (χ1v) is 9.05. The first-order chi connectivity index (χ1) is 11.8. The second kappa shape index (κ2) is 6.75. The van der Waals surface area contributed by atoms with Crippen molar-refractivity contribution in [2.75, 3.05) is 13.7 Å². The predicted octanol–water partition coefficient (Wildman–Crippen LogP) is 3.32. The van der Waals surface area contributed by atoms with E-state index in [0.717, 1.165) is 6.54 Å². The van der Waals surface area contributed by atoms with Gasteiger partial charge in [0.05, 0.1) is 18.5 Å². The fraction of sp³-hybridized carbons (Fsp3) is 0.524. The molecule has 1 aromatic carbocycles. The SMILES string of the molecule is CN(Cc1ccc(C(C)(C)C)cc1)CN1C(=O)[C@H]2CC=CC[C@@H]2C1=O. The van der Waals surface area contributed by atoms with Gasteiger partial charge in [-0.25, -0.2) is 0 Å². The number of amides is 2. The summed E-state index contributed by atoms with van der Waals surface area (Å²) < 4.78 is 0. The molecule has 1 fully saturated rings. The molecule has 0 radical (unpaired) electrons. The molecule has 1 aliphatic carbocycles. The van der Waals surface area contributed by atoms with Crippen molar-refractivity contribution >= 4 is 11.8 Å². The van der Waals surface area contributed by atoms with Gasteiger partial charge in [0, 0.05) is 6.54 Å². The lowest BCUT2D eigenvalue weighted by Crippen LogP contribution is -2.40. The monoisotopic (exact) mass is 340 g/mol. The molecule has 0 N–H and O–H groups in total. The molecule has 1 aliphatic heterocycles. The molecule has 0 spiro atoms. The third kappa shape index (κ3) is 3.69. The van der Waals surface area contributed by atoms with Crippen LogP contribution in [0.25, 0.3) is 0 Å². The summed E-state index contributed by atoms with van der Waals surface area (Å²) in [5.74, 6) is -0.294. The maximum atomic E-state index is 12.5. The summed E-state index contributed by atoms with van der Waals surface area (Å²) in [7, 11) is 1.96. The van der Waals surface area contributed by atoms with Gasteiger partial charge in [-0.15, -0.1) is 0 Å². The van der Waals surface area contributed by atoms with Gasteiger partial charge in [-0.3, -0.25) is 19.4 Å². The van der Waals surface area contributed by atoms with Crippen LogP contribution in [0, 0.1) is 11.8 Å². The molecule has 4 nitrogen and oxygen atoms in total. The van der Waals surface area contributed by atoms with Gasteiger partial charge in [-0.05, 0) is 36.4 Å². The van der Waals surface area contributed by atoms with E-state index in [4.69, 9.17) is 0 Å². The molecule has 4 heteroatoms. The van der Waals surface area contributed by atoms with E-state index in [1.54, 1.807) is 0 Å². The number of carbonyl (C=O) groups excluding carboxylic acids is 2. The number of hydrogen-bond acceptors (Lipinski definition) is 3. The molecule has 1 saturated heterocycles. The smallest absolute Gasteiger partial charge is 0.234 e. The van der Waals surface area contributed by atoms with E-state index in [2.05, 4.69) is 45.0 Å². The Kier molecular flexibility index (Phi) is 4.83. The highest BCUT2D eigenvalue weighted by Crippen LogP contribution is 2.35. The van der Waals surface area contributed by atoms with Crippen molar-refractivity contribution in [2.45, 2.75) is 45.6 Å². The Bertz CT molecular complexity index is 659. The quantitative estimate of drug-likeness (QED) is 0.623. The lowest BCUT2D eigenvalue weighted by atomic mass is 9.85. The van der Waals surface area contributed by atoms with Crippen molar-refractivity contribution in [3.05, 3.63) is 47.5 Å². The molecular weight excluding hydrogens is 312 g/mol. The number of hydrogen-bond donors (Lipinski definition) is 0. The van der Waals surface area contributed by atoms with Crippen LogP contribution in [0.15, 0.2) is 36.4 Å². The van der Waals surface area contributed by atoms with E-state index in [1.165, 1.54) is 16.0 Å². The topological polar surface area (TPSA) is 40.6 Å². The standard InChI is InChI=1S/C21H28N2O2/c1-21(2,3)16-11-9-15(10-12-16)13-22(4)14-23-19(24)17-7-5-6-8-18(17)20(23)25/h5-6,9-12,17-18H,7-8,13-14H2,1-4H3/t17-,18-/m0/s1. The van der Waals surface area contributed by atoms with Crippen molar-refractivity contribution in [1.82, 2.24) is 9.80 Å². The highest BCUT2D eigenvalue weighted by Gasteiger charge is 2.47. The van der Waals surface area contributed by atoms with Gasteiger partial charge in [-0.2, -0.15) is 0 Å². The van der Waals surface area contributed by atoms with Crippen LogP contribution in [0.3, 0.4) is 0 Å². The van der Waals surface area contributed by atoms with Gasteiger partial charge in [0.25, 0.3) is 0 Å². The Labute approximate surface area is 150 Å². The zero-order chi connectivity index (χ0) is 18.2. The number of fused-ring (bicyclic) bond motifs is 1. The highest BCUT2D eigenvalue weighted by molar-refractivity contribution is 6.05. The summed E-state index contributed by atoms with van der Waals surface area (Å²) in [5.41, 5.74) is 2.64. The largest absolute Gasteiger partial charge is 0.284 e. The van der Waals surface area contributed by atoms with Crippen LogP contribution >= 0.6 is 0 Å². The van der Waals surface area contributed by atoms with Crippen LogP contribution < -0.4 is 0 Å². The summed E-state index contributed by atoms with van der Waals surface area (Å²) in [5, 5.41) is 0. The van der Waals surface area contributed by atoms with Crippen LogP contribution in [0.1, 0.15) is 44.7 Å². The first kappa shape index (κ1) is 17.9. The molecular formula is C21H28N2O2. The molecule has 2 atom stereocenters. The minimum absolute atomic E-state index is 0.00530. The summed E-state index contributed by atoms with van der Waals surface area (Å²) in [6, 6.07) is 8.59. The molecule has 2 aliphatic rings. The van der Waals surface area contributed by atoms with Crippen LogP contribution in [-0.4, -0.2) is 35.3 Å². The van der Waals surface area contributed by atoms with Crippen molar-refractivity contribution < 1.29 is 9.59 Å². The third-order valence-corrected chi connectivity index (χ3v) is 5.25. The average molecular weight is 340 g/mol. The predicted molar refractivity (Wildman–Crippen MR) is 98.7 cm³/mol. The number of rotatable bonds is 4. The Hall–Kier alpha value is -1.94. The molecule has 0 aromatic heterocycles. The Morgan fingerprint density at radius 1 is 1.00 bits per heavy atom. The fourth-order valence-electron chi connectivity index (χ4n) is 3.72. The van der Waals surface area contributed by atoms with E-state index < -0.39 is 0 Å². The van der Waals surface area contributed by atoms with E-state index in [1.807, 2.05) is 24.1 Å². The zero-order valence-corrected chi connectivity index (χ0v) is 15.7. The Morgan fingerprint density at radius 3 is 2.00 bits per heavy atom. The van der Waals surface area contributed by atoms with Gasteiger partial charge in [0.2, 0.25) is 11.8 Å². The van der Waals surface area contributed by atoms with Crippen LogP contribution in [0.2, 0.25) is 0 Å². The molecule has 3 rings (SSSR count). The van der Waals surface area contributed by atoms with Crippen LogP contribution in [-0.2, 0) is 21.5 Å². The lowest BCUT2D eigenvalue weighted by Gasteiger charge is -2.24. The van der Waals surface area contributed by atoms with Gasteiger partial charge in [-0.1, -0.05) is 57.2 Å². The van der Waals surface area contributed by atoms with Crippen molar-refractivity contribution in [2.24, 2.45) is 11.8 Å².